The summed E-state index contributed by atoms with van der Waals surface area (Å²) in [7, 11) is 0. The van der Waals surface area contributed by atoms with Crippen molar-refractivity contribution in [2.24, 2.45) is 0 Å². The van der Waals surface area contributed by atoms with Crippen molar-refractivity contribution in [3.05, 3.63) is 47.8 Å². The molecular weight excluding hydrogens is 490 g/mol. The molecule has 0 bridgehead atoms. The highest BCUT2D eigenvalue weighted by molar-refractivity contribution is 5.92. The third kappa shape index (κ3) is 7.59. The maximum atomic E-state index is 12.8. The fourth-order valence-electron chi connectivity index (χ4n) is 4.16. The highest BCUT2D eigenvalue weighted by Gasteiger charge is 2.32. The number of rotatable bonds is 10. The van der Waals surface area contributed by atoms with Gasteiger partial charge in [-0.25, -0.2) is 5.43 Å². The molecule has 1 aromatic heterocycles. The summed E-state index contributed by atoms with van der Waals surface area (Å²) in [5.74, 6) is -2.80. The first-order valence-corrected chi connectivity index (χ1v) is 12.7. The molecule has 0 spiro atoms. The minimum atomic E-state index is -1.28. The molecule has 0 aliphatic carbocycles. The van der Waals surface area contributed by atoms with Crippen LogP contribution in [-0.4, -0.2) is 74.7 Å². The van der Waals surface area contributed by atoms with Gasteiger partial charge < -0.3 is 20.8 Å². The molecule has 1 aromatic carbocycles. The number of benzene rings is 1. The van der Waals surface area contributed by atoms with E-state index < -0.39 is 47.9 Å². The quantitative estimate of drug-likeness (QED) is 0.309. The Labute approximate surface area is 221 Å². The largest absolute Gasteiger partial charge is 0.480 e. The Balaban J connectivity index is 1.55. The fourth-order valence-corrected chi connectivity index (χ4v) is 4.16. The Bertz CT molecular complexity index is 1210. The van der Waals surface area contributed by atoms with Gasteiger partial charge in [-0.2, -0.15) is 0 Å². The lowest BCUT2D eigenvalue weighted by atomic mass is 10.1. The Kier molecular flexibility index (Phi) is 9.91. The molecule has 3 amide bonds. The number of carbonyl (C=O) groups is 4. The van der Waals surface area contributed by atoms with Crippen molar-refractivity contribution in [1.82, 2.24) is 26.1 Å². The van der Waals surface area contributed by atoms with E-state index in [9.17, 15) is 29.4 Å². The van der Waals surface area contributed by atoms with E-state index >= 15 is 0 Å². The number of aliphatic carboxylic acids is 1. The van der Waals surface area contributed by atoms with E-state index in [1.807, 2.05) is 12.1 Å². The molecule has 2 heterocycles. The third-order valence-corrected chi connectivity index (χ3v) is 6.37. The monoisotopic (exact) mass is 525 g/mol. The predicted octanol–water partition coefficient (Wildman–Crippen LogP) is 1.15. The number of carbonyl (C=O) groups excluding carboxylic acids is 3. The molecule has 5 N–H and O–H groups in total. The second kappa shape index (κ2) is 13.1. The van der Waals surface area contributed by atoms with Gasteiger partial charge in [-0.1, -0.05) is 31.2 Å². The number of aromatic nitrogens is 1. The lowest BCUT2D eigenvalue weighted by Gasteiger charge is -2.34. The summed E-state index contributed by atoms with van der Waals surface area (Å²) in [5, 5.41) is 27.5. The molecule has 11 nitrogen and oxygen atoms in total. The summed E-state index contributed by atoms with van der Waals surface area (Å²) in [4.78, 5) is 53.6. The smallest absolute Gasteiger partial charge is 0.322 e. The number of amides is 3. The molecule has 1 aliphatic heterocycles. The van der Waals surface area contributed by atoms with Crippen molar-refractivity contribution >= 4 is 40.5 Å². The summed E-state index contributed by atoms with van der Waals surface area (Å²) in [6, 6.07) is 4.95. The number of pyridine rings is 1. The van der Waals surface area contributed by atoms with E-state index in [2.05, 4.69) is 40.1 Å². The molecule has 1 fully saturated rings. The number of aryl methyl sites for hydroxylation is 1. The van der Waals surface area contributed by atoms with Crippen LogP contribution in [-0.2, 0) is 25.6 Å². The summed E-state index contributed by atoms with van der Waals surface area (Å²) in [6.45, 7) is 5.21. The summed E-state index contributed by atoms with van der Waals surface area (Å²) in [5.41, 5.74) is 4.55. The number of carboxylic acids is 1. The molecule has 4 unspecified atom stereocenters. The van der Waals surface area contributed by atoms with E-state index in [1.54, 1.807) is 18.3 Å². The summed E-state index contributed by atoms with van der Waals surface area (Å²) < 4.78 is 0. The predicted molar refractivity (Wildman–Crippen MR) is 141 cm³/mol. The van der Waals surface area contributed by atoms with Gasteiger partial charge in [-0.05, 0) is 56.2 Å². The fraction of sp³-hybridized carbons (Fsp3) is 0.444. The minimum absolute atomic E-state index is 0.0476. The second-order valence-corrected chi connectivity index (χ2v) is 9.42. The zero-order valence-electron chi connectivity index (χ0n) is 21.8. The topological polar surface area (TPSA) is 161 Å². The highest BCUT2D eigenvalue weighted by atomic mass is 16.4. The van der Waals surface area contributed by atoms with E-state index in [1.165, 1.54) is 24.4 Å². The van der Waals surface area contributed by atoms with Gasteiger partial charge in [0.1, 0.15) is 18.1 Å². The molecular formula is C27H35N5O6. The number of fused-ring (bicyclic) bond motifs is 1. The molecule has 2 aromatic rings. The van der Waals surface area contributed by atoms with Crippen LogP contribution in [0.4, 0.5) is 0 Å². The average Bonchev–Trinajstić information content (AvgIpc) is 2.90. The first-order chi connectivity index (χ1) is 18.1. The first-order valence-electron chi connectivity index (χ1n) is 12.7. The van der Waals surface area contributed by atoms with Crippen LogP contribution in [0.15, 0.2) is 36.5 Å². The van der Waals surface area contributed by atoms with Gasteiger partial charge in [0.05, 0.1) is 11.8 Å². The number of hydrogen-bond donors (Lipinski definition) is 5. The standard InChI is InChI=1S/C27H35N5O6/c1-4-18-10-11-19-15-28-21(14-20(19)13-18)7-5-9-23(34)30-24(17(3)33)25(35)29-16(2)26(36)32-12-6-8-22(31-32)27(37)38/h5,7,10-11,13-17,22,24,31,33H,4,6,8-9,12H2,1-3H3,(H,29,35)(H,30,34)(H,37,38). The normalized spacial score (nSPS) is 18.1. The van der Waals surface area contributed by atoms with Crippen molar-refractivity contribution in [3.63, 3.8) is 0 Å². The number of hydrazine groups is 1. The lowest BCUT2D eigenvalue weighted by molar-refractivity contribution is -0.148. The Morgan fingerprint density at radius 1 is 1.18 bits per heavy atom. The van der Waals surface area contributed by atoms with Gasteiger partial charge in [0.2, 0.25) is 11.8 Å². The molecule has 11 heteroatoms. The maximum Gasteiger partial charge on any atom is 0.322 e. The maximum absolute atomic E-state index is 12.8. The van der Waals surface area contributed by atoms with Crippen molar-refractivity contribution in [1.29, 1.82) is 0 Å². The minimum Gasteiger partial charge on any atom is -0.480 e. The number of hydrogen-bond acceptors (Lipinski definition) is 7. The molecule has 204 valence electrons. The Morgan fingerprint density at radius 3 is 2.63 bits per heavy atom. The SMILES string of the molecule is CCc1ccc2cnc(C=CCC(=O)NC(C(=O)NC(C)C(=O)N3CCCC(C(=O)O)N3)C(C)O)cc2c1. The van der Waals surface area contributed by atoms with Crippen molar-refractivity contribution in [3.8, 4) is 0 Å². The first kappa shape index (κ1) is 28.7. The molecule has 38 heavy (non-hydrogen) atoms. The average molecular weight is 526 g/mol. The van der Waals surface area contributed by atoms with E-state index in [0.29, 0.717) is 25.1 Å². The van der Waals surface area contributed by atoms with E-state index in [4.69, 9.17) is 0 Å². The van der Waals surface area contributed by atoms with Crippen LogP contribution in [0.5, 0.6) is 0 Å². The molecule has 1 saturated heterocycles. The number of carboxylic acid groups (broad SMARTS) is 1. The van der Waals surface area contributed by atoms with Gasteiger partial charge in [-0.3, -0.25) is 29.2 Å². The van der Waals surface area contributed by atoms with Crippen LogP contribution in [0.1, 0.15) is 51.3 Å². The van der Waals surface area contributed by atoms with Crippen LogP contribution >= 0.6 is 0 Å². The van der Waals surface area contributed by atoms with Crippen molar-refractivity contribution in [2.45, 2.75) is 70.7 Å². The van der Waals surface area contributed by atoms with Crippen LogP contribution in [0, 0.1) is 0 Å². The number of nitrogens with one attached hydrogen (secondary N) is 3. The molecule has 4 atom stereocenters. The zero-order valence-corrected chi connectivity index (χ0v) is 21.8. The van der Waals surface area contributed by atoms with E-state index in [-0.39, 0.29) is 6.42 Å². The summed E-state index contributed by atoms with van der Waals surface area (Å²) >= 11 is 0. The molecule has 0 saturated carbocycles. The number of aliphatic hydroxyl groups is 1. The highest BCUT2D eigenvalue weighted by Crippen LogP contribution is 2.17. The number of aliphatic hydroxyl groups excluding tert-OH is 1. The lowest BCUT2D eigenvalue weighted by Crippen LogP contribution is -2.61. The molecule has 1 aliphatic rings. The van der Waals surface area contributed by atoms with Crippen LogP contribution in [0.25, 0.3) is 16.8 Å². The zero-order chi connectivity index (χ0) is 27.8. The van der Waals surface area contributed by atoms with Crippen LogP contribution in [0.3, 0.4) is 0 Å². The van der Waals surface area contributed by atoms with Gasteiger partial charge in [0.15, 0.2) is 0 Å². The Morgan fingerprint density at radius 2 is 1.95 bits per heavy atom. The van der Waals surface area contributed by atoms with Gasteiger partial charge in [0.25, 0.3) is 5.91 Å². The Hall–Kier alpha value is -3.83. The van der Waals surface area contributed by atoms with Crippen molar-refractivity contribution < 1.29 is 29.4 Å². The van der Waals surface area contributed by atoms with Crippen molar-refractivity contribution in [2.75, 3.05) is 6.54 Å². The molecule has 0 radical (unpaired) electrons. The van der Waals surface area contributed by atoms with Gasteiger partial charge in [-0.15, -0.1) is 0 Å². The van der Waals surface area contributed by atoms with E-state index in [0.717, 1.165) is 17.2 Å². The van der Waals surface area contributed by atoms with Gasteiger partial charge >= 0.3 is 5.97 Å². The summed E-state index contributed by atoms with van der Waals surface area (Å²) in [6.07, 6.45) is 5.66. The molecule has 3 rings (SSSR count). The van der Waals surface area contributed by atoms with Crippen LogP contribution < -0.4 is 16.1 Å². The van der Waals surface area contributed by atoms with Crippen LogP contribution in [0.2, 0.25) is 0 Å². The number of nitrogens with zero attached hydrogens (tertiary/aromatic N) is 2. The third-order valence-electron chi connectivity index (χ3n) is 6.37. The second-order valence-electron chi connectivity index (χ2n) is 9.42. The van der Waals surface area contributed by atoms with Gasteiger partial charge in [0, 0.05) is 24.5 Å².